The van der Waals surface area contributed by atoms with Gasteiger partial charge in [0.2, 0.25) is 9.04 Å². The number of benzene rings is 1. The highest BCUT2D eigenvalue weighted by molar-refractivity contribution is 6.48. The number of anilines is 1. The standard InChI is InChI=1S/C18H24ClFNO5Si/c1-18(2,3)14(26-27(4)5)8-10-13(7-6-12(19)15(10)20)21-9-11(16(22)23)17(24)25/h6-7,9,14,21H,8H2,1-5H3,(H,22,23)(H,24,25). The average Bonchev–Trinajstić information content (AvgIpc) is 2.50. The van der Waals surface area contributed by atoms with E-state index in [1.165, 1.54) is 12.1 Å². The lowest BCUT2D eigenvalue weighted by Gasteiger charge is -2.33. The lowest BCUT2D eigenvalue weighted by molar-refractivity contribution is -0.140. The van der Waals surface area contributed by atoms with Crippen LogP contribution < -0.4 is 5.32 Å². The van der Waals surface area contributed by atoms with E-state index in [1.54, 1.807) is 0 Å². The minimum atomic E-state index is -1.61. The molecule has 0 amide bonds. The molecular formula is C18H24ClFNO5Si. The highest BCUT2D eigenvalue weighted by Gasteiger charge is 2.29. The number of hydrogen-bond acceptors (Lipinski definition) is 4. The summed E-state index contributed by atoms with van der Waals surface area (Å²) < 4.78 is 20.7. The first-order valence-corrected chi connectivity index (χ1v) is 11.0. The summed E-state index contributed by atoms with van der Waals surface area (Å²) in [6.07, 6.45) is 0.702. The molecule has 1 aromatic rings. The first-order chi connectivity index (χ1) is 12.3. The number of rotatable bonds is 8. The van der Waals surface area contributed by atoms with Crippen molar-refractivity contribution in [3.8, 4) is 0 Å². The molecule has 1 unspecified atom stereocenters. The molecular weight excluding hydrogens is 393 g/mol. The second-order valence-electron chi connectivity index (χ2n) is 7.29. The van der Waals surface area contributed by atoms with Crippen LogP contribution in [0.2, 0.25) is 18.1 Å². The van der Waals surface area contributed by atoms with Crippen molar-refractivity contribution in [1.82, 2.24) is 0 Å². The van der Waals surface area contributed by atoms with Gasteiger partial charge < -0.3 is 20.0 Å². The zero-order valence-corrected chi connectivity index (χ0v) is 17.6. The molecule has 0 fully saturated rings. The molecule has 0 bridgehead atoms. The van der Waals surface area contributed by atoms with Crippen LogP contribution in [0.25, 0.3) is 0 Å². The summed E-state index contributed by atoms with van der Waals surface area (Å²) in [5.41, 5.74) is -0.711. The van der Waals surface area contributed by atoms with E-state index < -0.39 is 32.4 Å². The Bertz CT molecular complexity index is 730. The van der Waals surface area contributed by atoms with Crippen LogP contribution in [-0.2, 0) is 20.4 Å². The van der Waals surface area contributed by atoms with Gasteiger partial charge in [-0.2, -0.15) is 0 Å². The monoisotopic (exact) mass is 416 g/mol. The van der Waals surface area contributed by atoms with Gasteiger partial charge in [-0.15, -0.1) is 0 Å². The first-order valence-electron chi connectivity index (χ1n) is 8.21. The van der Waals surface area contributed by atoms with Crippen LogP contribution in [0, 0.1) is 11.2 Å². The number of aliphatic carboxylic acids is 2. The summed E-state index contributed by atoms with van der Waals surface area (Å²) in [6.45, 7) is 9.89. The summed E-state index contributed by atoms with van der Waals surface area (Å²) >= 11 is 5.91. The van der Waals surface area contributed by atoms with Crippen LogP contribution in [-0.4, -0.2) is 37.3 Å². The topological polar surface area (TPSA) is 95.9 Å². The quantitative estimate of drug-likeness (QED) is 0.255. The normalized spacial score (nSPS) is 12.6. The van der Waals surface area contributed by atoms with E-state index in [0.29, 0.717) is 0 Å². The van der Waals surface area contributed by atoms with Gasteiger partial charge in [-0.1, -0.05) is 32.4 Å². The Balaban J connectivity index is 3.33. The number of halogens is 2. The minimum Gasteiger partial charge on any atom is -0.477 e. The maximum atomic E-state index is 14.7. The van der Waals surface area contributed by atoms with Crippen LogP contribution in [0.1, 0.15) is 26.3 Å². The van der Waals surface area contributed by atoms with Crippen molar-refractivity contribution in [3.63, 3.8) is 0 Å². The number of carboxylic acid groups (broad SMARTS) is 2. The largest absolute Gasteiger partial charge is 0.477 e. The summed E-state index contributed by atoms with van der Waals surface area (Å²) in [7, 11) is -1.06. The van der Waals surface area contributed by atoms with E-state index >= 15 is 0 Å². The van der Waals surface area contributed by atoms with E-state index in [4.69, 9.17) is 26.2 Å². The van der Waals surface area contributed by atoms with Gasteiger partial charge in [0, 0.05) is 23.9 Å². The van der Waals surface area contributed by atoms with Crippen LogP contribution >= 0.6 is 11.6 Å². The van der Waals surface area contributed by atoms with E-state index in [1.807, 2.05) is 33.9 Å². The van der Waals surface area contributed by atoms with Gasteiger partial charge in [-0.05, 0) is 30.6 Å². The summed E-state index contributed by atoms with van der Waals surface area (Å²) in [4.78, 5) is 22.0. The number of carbonyl (C=O) groups is 2. The summed E-state index contributed by atoms with van der Waals surface area (Å²) in [5, 5.41) is 20.4. The van der Waals surface area contributed by atoms with Crippen molar-refractivity contribution in [3.05, 3.63) is 40.3 Å². The molecule has 0 saturated carbocycles. The zero-order chi connectivity index (χ0) is 20.9. The number of nitrogens with one attached hydrogen (secondary N) is 1. The average molecular weight is 417 g/mol. The molecule has 0 aliphatic rings. The molecule has 1 rings (SSSR count). The molecule has 0 spiro atoms. The van der Waals surface area contributed by atoms with Crippen LogP contribution in [0.5, 0.6) is 0 Å². The minimum absolute atomic E-state index is 0.0811. The highest BCUT2D eigenvalue weighted by Crippen LogP contribution is 2.32. The van der Waals surface area contributed by atoms with Gasteiger partial charge in [0.15, 0.2) is 5.57 Å². The van der Waals surface area contributed by atoms with Gasteiger partial charge in [-0.25, -0.2) is 14.0 Å². The fourth-order valence-corrected chi connectivity index (χ4v) is 3.47. The third-order valence-corrected chi connectivity index (χ3v) is 4.81. The first kappa shape index (κ1) is 23.1. The molecule has 1 aromatic carbocycles. The Hall–Kier alpha value is -1.90. The smallest absolute Gasteiger partial charge is 0.344 e. The van der Waals surface area contributed by atoms with E-state index in [9.17, 15) is 14.0 Å². The van der Waals surface area contributed by atoms with E-state index in [-0.39, 0.29) is 34.2 Å². The van der Waals surface area contributed by atoms with Crippen LogP contribution in [0.3, 0.4) is 0 Å². The Morgan fingerprint density at radius 3 is 2.30 bits per heavy atom. The van der Waals surface area contributed by atoms with Gasteiger partial charge in [-0.3, -0.25) is 0 Å². The van der Waals surface area contributed by atoms with Gasteiger partial charge in [0.25, 0.3) is 0 Å². The van der Waals surface area contributed by atoms with Gasteiger partial charge in [0.05, 0.1) is 11.1 Å². The fourth-order valence-electron chi connectivity index (χ4n) is 2.29. The fraction of sp³-hybridized carbons (Fsp3) is 0.444. The van der Waals surface area contributed by atoms with E-state index in [0.717, 1.165) is 6.20 Å². The third-order valence-electron chi connectivity index (χ3n) is 3.76. The molecule has 0 heterocycles. The van der Waals surface area contributed by atoms with Crippen LogP contribution in [0.15, 0.2) is 23.9 Å². The molecule has 27 heavy (non-hydrogen) atoms. The number of carboxylic acids is 2. The van der Waals surface area contributed by atoms with Crippen molar-refractivity contribution in [1.29, 1.82) is 0 Å². The van der Waals surface area contributed by atoms with Crippen molar-refractivity contribution in [2.24, 2.45) is 5.41 Å². The Morgan fingerprint density at radius 1 is 1.30 bits per heavy atom. The van der Waals surface area contributed by atoms with Crippen molar-refractivity contribution < 1.29 is 28.6 Å². The Labute approximate surface area is 164 Å². The summed E-state index contributed by atoms with van der Waals surface area (Å²) in [5.74, 6) is -3.86. The van der Waals surface area contributed by atoms with Gasteiger partial charge >= 0.3 is 11.9 Å². The van der Waals surface area contributed by atoms with Crippen LogP contribution in [0.4, 0.5) is 10.1 Å². The SMILES string of the molecule is C[Si](C)OC(Cc1c(NC=C(C(=O)O)C(=O)O)ccc(Cl)c1F)C(C)(C)C. The predicted octanol–water partition coefficient (Wildman–Crippen LogP) is 4.17. The molecule has 0 aliphatic carbocycles. The molecule has 9 heteroatoms. The lowest BCUT2D eigenvalue weighted by atomic mass is 9.85. The molecule has 1 radical (unpaired) electrons. The van der Waals surface area contributed by atoms with Crippen molar-refractivity contribution in [2.75, 3.05) is 5.32 Å². The third kappa shape index (κ3) is 6.64. The molecule has 149 valence electrons. The second kappa shape index (κ2) is 9.34. The van der Waals surface area contributed by atoms with Crippen molar-refractivity contribution >= 4 is 38.3 Å². The lowest BCUT2D eigenvalue weighted by Crippen LogP contribution is -2.35. The van der Waals surface area contributed by atoms with E-state index in [2.05, 4.69) is 5.32 Å². The Morgan fingerprint density at radius 2 is 1.85 bits per heavy atom. The maximum absolute atomic E-state index is 14.7. The molecule has 0 aromatic heterocycles. The molecule has 3 N–H and O–H groups in total. The highest BCUT2D eigenvalue weighted by atomic mass is 35.5. The summed E-state index contributed by atoms with van der Waals surface area (Å²) in [6, 6.07) is 2.79. The molecule has 0 saturated heterocycles. The predicted molar refractivity (Wildman–Crippen MR) is 104 cm³/mol. The second-order valence-corrected chi connectivity index (χ2v) is 9.74. The maximum Gasteiger partial charge on any atom is 0.344 e. The Kier molecular flexibility index (Phi) is 8.00. The molecule has 1 atom stereocenters. The molecule has 0 aliphatic heterocycles. The van der Waals surface area contributed by atoms with Gasteiger partial charge in [0.1, 0.15) is 5.82 Å². The zero-order valence-electron chi connectivity index (χ0n) is 15.9. The molecule has 6 nitrogen and oxygen atoms in total. The number of hydrogen-bond donors (Lipinski definition) is 3. The van der Waals surface area contributed by atoms with Crippen molar-refractivity contribution in [2.45, 2.75) is 46.4 Å².